The maximum absolute atomic E-state index is 5.30. The molecular formula is C60H39NS. The zero-order valence-corrected chi connectivity index (χ0v) is 34.7. The van der Waals surface area contributed by atoms with Crippen molar-refractivity contribution < 1.29 is 0 Å². The van der Waals surface area contributed by atoms with Crippen molar-refractivity contribution in [1.82, 2.24) is 4.98 Å². The third kappa shape index (κ3) is 5.90. The number of aromatic nitrogens is 1. The fourth-order valence-electron chi connectivity index (χ4n) is 9.92. The van der Waals surface area contributed by atoms with Crippen LogP contribution in [0.2, 0.25) is 0 Å². The van der Waals surface area contributed by atoms with E-state index in [1.54, 1.807) is 0 Å². The highest BCUT2D eigenvalue weighted by Gasteiger charge is 2.50. The Morgan fingerprint density at radius 3 is 1.40 bits per heavy atom. The van der Waals surface area contributed by atoms with Crippen molar-refractivity contribution in [2.45, 2.75) is 15.2 Å². The van der Waals surface area contributed by atoms with Crippen molar-refractivity contribution in [2.24, 2.45) is 0 Å². The number of fused-ring (bicyclic) bond motifs is 9. The lowest BCUT2D eigenvalue weighted by Gasteiger charge is -2.40. The number of nitrogens with zero attached hydrogens (tertiary/aromatic N) is 1. The van der Waals surface area contributed by atoms with Gasteiger partial charge in [0.05, 0.1) is 16.8 Å². The zero-order valence-electron chi connectivity index (χ0n) is 33.9. The maximum atomic E-state index is 5.30. The number of hydrogen-bond donors (Lipinski definition) is 0. The average Bonchev–Trinajstić information content (AvgIpc) is 3.65. The maximum Gasteiger partial charge on any atom is 0.0735 e. The summed E-state index contributed by atoms with van der Waals surface area (Å²) in [6, 6.07) is 86.5. The van der Waals surface area contributed by atoms with Crippen LogP contribution < -0.4 is 0 Å². The Kier molecular flexibility index (Phi) is 8.72. The lowest BCUT2D eigenvalue weighted by molar-refractivity contribution is 0.723. The summed E-state index contributed by atoms with van der Waals surface area (Å²) in [4.78, 5) is 7.92. The van der Waals surface area contributed by atoms with Crippen LogP contribution in [-0.4, -0.2) is 4.98 Å². The Morgan fingerprint density at radius 2 is 0.726 bits per heavy atom. The molecule has 1 spiro atoms. The highest BCUT2D eigenvalue weighted by atomic mass is 32.2. The molecule has 1 nitrogen and oxygen atoms in total. The molecule has 1 aromatic heterocycles. The van der Waals surface area contributed by atoms with Gasteiger partial charge >= 0.3 is 0 Å². The lowest BCUT2D eigenvalue weighted by Crippen LogP contribution is -2.32. The molecule has 62 heavy (non-hydrogen) atoms. The van der Waals surface area contributed by atoms with Gasteiger partial charge in [0, 0.05) is 20.9 Å². The van der Waals surface area contributed by atoms with Crippen LogP contribution >= 0.6 is 11.8 Å². The number of rotatable bonds is 6. The normalized spacial score (nSPS) is 12.9. The van der Waals surface area contributed by atoms with E-state index in [2.05, 4.69) is 237 Å². The molecule has 10 aromatic rings. The van der Waals surface area contributed by atoms with Gasteiger partial charge in [-0.05, 0) is 114 Å². The monoisotopic (exact) mass is 805 g/mol. The molecule has 12 rings (SSSR count). The third-order valence-corrected chi connectivity index (χ3v) is 13.9. The minimum atomic E-state index is -0.405. The van der Waals surface area contributed by atoms with E-state index in [4.69, 9.17) is 4.98 Å². The van der Waals surface area contributed by atoms with Gasteiger partial charge in [0.1, 0.15) is 0 Å². The second-order valence-electron chi connectivity index (χ2n) is 16.2. The molecular weight excluding hydrogens is 767 g/mol. The SMILES string of the molecule is c1ccc(-c2cc(-c3ccccc3)nc(-c3ccc(-c4ccccc4)c(-c4ccc(-c5ccc6c(c5)C5(c7ccccc7S6)c6ccccc6-c6ccccc65)cc4)c3)c2)cc1. The molecule has 0 bridgehead atoms. The van der Waals surface area contributed by atoms with Gasteiger partial charge in [0.2, 0.25) is 0 Å². The minimum absolute atomic E-state index is 0.405. The first-order chi connectivity index (χ1) is 30.7. The number of hydrogen-bond acceptors (Lipinski definition) is 2. The van der Waals surface area contributed by atoms with Gasteiger partial charge in [-0.25, -0.2) is 4.98 Å². The second-order valence-corrected chi connectivity index (χ2v) is 17.3. The standard InChI is InChI=1S/C60H39NS/c1-4-16-40(17-5-1)47-38-56(44-20-8-3-9-21-44)61-57(39-47)46-32-34-48(42-18-6-2-7-19-42)51(36-46)43-30-28-41(29-31-43)45-33-35-59-55(37-45)60(54-26-14-15-27-58(54)62-59)52-24-12-10-22-49(52)50-23-11-13-25-53(50)60/h1-39H. The lowest BCUT2D eigenvalue weighted by atomic mass is 9.67. The summed E-state index contributed by atoms with van der Waals surface area (Å²) in [6.07, 6.45) is 0. The van der Waals surface area contributed by atoms with Crippen LogP contribution in [0.15, 0.2) is 246 Å². The van der Waals surface area contributed by atoms with Crippen molar-refractivity contribution in [3.05, 3.63) is 259 Å². The first kappa shape index (κ1) is 36.3. The van der Waals surface area contributed by atoms with Gasteiger partial charge in [0.25, 0.3) is 0 Å². The van der Waals surface area contributed by atoms with Crippen LogP contribution in [0.3, 0.4) is 0 Å². The van der Waals surface area contributed by atoms with Crippen LogP contribution in [0.1, 0.15) is 22.3 Å². The Hall–Kier alpha value is -7.52. The van der Waals surface area contributed by atoms with Gasteiger partial charge in [-0.2, -0.15) is 0 Å². The van der Waals surface area contributed by atoms with E-state index in [1.807, 2.05) is 11.8 Å². The van der Waals surface area contributed by atoms with Gasteiger partial charge in [-0.15, -0.1) is 0 Å². The summed E-state index contributed by atoms with van der Waals surface area (Å²) in [7, 11) is 0. The molecule has 2 heteroatoms. The van der Waals surface area contributed by atoms with E-state index in [0.717, 1.165) is 33.6 Å². The summed E-state index contributed by atoms with van der Waals surface area (Å²) >= 11 is 1.89. The molecule has 2 heterocycles. The van der Waals surface area contributed by atoms with Crippen molar-refractivity contribution in [1.29, 1.82) is 0 Å². The van der Waals surface area contributed by atoms with Crippen molar-refractivity contribution in [3.8, 4) is 78.1 Å². The van der Waals surface area contributed by atoms with E-state index < -0.39 is 5.41 Å². The highest BCUT2D eigenvalue weighted by molar-refractivity contribution is 7.99. The first-order valence-corrected chi connectivity index (χ1v) is 22.1. The van der Waals surface area contributed by atoms with Crippen molar-refractivity contribution in [3.63, 3.8) is 0 Å². The molecule has 0 unspecified atom stereocenters. The number of benzene rings is 9. The van der Waals surface area contributed by atoms with Crippen LogP contribution in [0.4, 0.5) is 0 Å². The Labute approximate surface area is 367 Å². The Balaban J connectivity index is 0.987. The van der Waals surface area contributed by atoms with Gasteiger partial charge in [-0.1, -0.05) is 212 Å². The fraction of sp³-hybridized carbons (Fsp3) is 0.0167. The molecule has 0 amide bonds. The van der Waals surface area contributed by atoms with Gasteiger partial charge in [0.15, 0.2) is 0 Å². The Morgan fingerprint density at radius 1 is 0.258 bits per heavy atom. The molecule has 9 aromatic carbocycles. The van der Waals surface area contributed by atoms with Crippen LogP contribution in [-0.2, 0) is 5.41 Å². The molecule has 0 saturated carbocycles. The average molecular weight is 806 g/mol. The summed E-state index contributed by atoms with van der Waals surface area (Å²) in [5, 5.41) is 0. The molecule has 290 valence electrons. The van der Waals surface area contributed by atoms with E-state index >= 15 is 0 Å². The van der Waals surface area contributed by atoms with Crippen LogP contribution in [0.5, 0.6) is 0 Å². The summed E-state index contributed by atoms with van der Waals surface area (Å²) in [5.74, 6) is 0. The quantitative estimate of drug-likeness (QED) is 0.166. The van der Waals surface area contributed by atoms with Gasteiger partial charge < -0.3 is 0 Å². The molecule has 1 aliphatic heterocycles. The fourth-order valence-corrected chi connectivity index (χ4v) is 11.1. The summed E-state index contributed by atoms with van der Waals surface area (Å²) in [6.45, 7) is 0. The van der Waals surface area contributed by atoms with Gasteiger partial charge in [-0.3, -0.25) is 0 Å². The second kappa shape index (κ2) is 14.9. The zero-order chi connectivity index (χ0) is 41.0. The van der Waals surface area contributed by atoms with E-state index in [0.29, 0.717) is 0 Å². The smallest absolute Gasteiger partial charge is 0.0735 e. The molecule has 0 atom stereocenters. The molecule has 0 N–H and O–H groups in total. The van der Waals surface area contributed by atoms with Crippen LogP contribution in [0, 0.1) is 0 Å². The summed E-state index contributed by atoms with van der Waals surface area (Å²) < 4.78 is 0. The highest BCUT2D eigenvalue weighted by Crippen LogP contribution is 2.62. The minimum Gasteiger partial charge on any atom is -0.248 e. The van der Waals surface area contributed by atoms with Crippen molar-refractivity contribution >= 4 is 11.8 Å². The largest absolute Gasteiger partial charge is 0.248 e. The van der Waals surface area contributed by atoms with E-state index in [1.165, 1.54) is 76.6 Å². The molecule has 0 fully saturated rings. The molecule has 2 aliphatic rings. The predicted molar refractivity (Wildman–Crippen MR) is 258 cm³/mol. The van der Waals surface area contributed by atoms with E-state index in [9.17, 15) is 0 Å². The predicted octanol–water partition coefficient (Wildman–Crippen LogP) is 15.9. The molecule has 0 radical (unpaired) electrons. The van der Waals surface area contributed by atoms with E-state index in [-0.39, 0.29) is 0 Å². The third-order valence-electron chi connectivity index (χ3n) is 12.8. The van der Waals surface area contributed by atoms with Crippen LogP contribution in [0.25, 0.3) is 78.1 Å². The molecule has 1 aliphatic carbocycles. The van der Waals surface area contributed by atoms with Crippen molar-refractivity contribution in [2.75, 3.05) is 0 Å². The first-order valence-electron chi connectivity index (χ1n) is 21.3. The Bertz CT molecular complexity index is 3200. The molecule has 0 saturated heterocycles. The summed E-state index contributed by atoms with van der Waals surface area (Å²) in [5.41, 5.74) is 21.2. The number of pyridine rings is 1. The topological polar surface area (TPSA) is 12.9 Å².